The summed E-state index contributed by atoms with van der Waals surface area (Å²) < 4.78 is 5.14. The second-order valence-electron chi connectivity index (χ2n) is 5.59. The molecule has 0 aromatic heterocycles. The Balaban J connectivity index is 2.00. The Labute approximate surface area is 132 Å². The molecule has 1 aromatic rings. The highest BCUT2D eigenvalue weighted by Gasteiger charge is 2.30. The van der Waals surface area contributed by atoms with Gasteiger partial charge in [0.05, 0.1) is 6.61 Å². The molecule has 1 aromatic carbocycles. The molecule has 0 radical (unpaired) electrons. The average molecular weight is 307 g/mol. The van der Waals surface area contributed by atoms with Gasteiger partial charge in [0, 0.05) is 31.0 Å². The van der Waals surface area contributed by atoms with Gasteiger partial charge in [-0.05, 0) is 42.7 Å². The van der Waals surface area contributed by atoms with E-state index in [0.717, 1.165) is 35.0 Å². The molecular formula is C17H25NO2S. The Hall–Kier alpha value is -1.00. The van der Waals surface area contributed by atoms with Gasteiger partial charge in [0.2, 0.25) is 0 Å². The third-order valence-electron chi connectivity index (χ3n) is 4.11. The summed E-state index contributed by atoms with van der Waals surface area (Å²) >= 11 is 2.02. The van der Waals surface area contributed by atoms with Gasteiger partial charge in [-0.25, -0.2) is 0 Å². The molecule has 0 heterocycles. The van der Waals surface area contributed by atoms with Crippen LogP contribution in [0.15, 0.2) is 24.3 Å². The number of amides is 1. The van der Waals surface area contributed by atoms with Crippen LogP contribution in [0.25, 0.3) is 0 Å². The molecular weight excluding hydrogens is 282 g/mol. The van der Waals surface area contributed by atoms with E-state index in [1.807, 2.05) is 48.0 Å². The maximum Gasteiger partial charge on any atom is 0.253 e. The molecule has 2 rings (SSSR count). The molecule has 3 nitrogen and oxygen atoms in total. The predicted octanol–water partition coefficient (Wildman–Crippen LogP) is 3.58. The second kappa shape index (κ2) is 7.85. The first-order valence-corrected chi connectivity index (χ1v) is 8.67. The van der Waals surface area contributed by atoms with E-state index in [-0.39, 0.29) is 5.91 Å². The summed E-state index contributed by atoms with van der Waals surface area (Å²) in [7, 11) is 3.61. The summed E-state index contributed by atoms with van der Waals surface area (Å²) in [5, 5.41) is 0.718. The number of rotatable bonds is 6. The Morgan fingerprint density at radius 2 is 2.24 bits per heavy atom. The monoisotopic (exact) mass is 307 g/mol. The van der Waals surface area contributed by atoms with Gasteiger partial charge >= 0.3 is 0 Å². The Kier molecular flexibility index (Phi) is 6.12. The number of hydrogen-bond acceptors (Lipinski definition) is 3. The molecule has 1 aliphatic rings. The molecule has 1 aliphatic carbocycles. The second-order valence-corrected chi connectivity index (χ2v) is 7.17. The number of nitrogens with zero attached hydrogens (tertiary/aromatic N) is 1. The lowest BCUT2D eigenvalue weighted by Crippen LogP contribution is -2.35. The number of methoxy groups -OCH3 is 1. The van der Waals surface area contributed by atoms with Crippen LogP contribution in [0.2, 0.25) is 0 Å². The van der Waals surface area contributed by atoms with Crippen molar-refractivity contribution in [3.63, 3.8) is 0 Å². The summed E-state index contributed by atoms with van der Waals surface area (Å²) in [6, 6.07) is 8.14. The fourth-order valence-corrected chi connectivity index (χ4v) is 4.12. The van der Waals surface area contributed by atoms with Gasteiger partial charge in [-0.15, -0.1) is 0 Å². The maximum atomic E-state index is 12.6. The van der Waals surface area contributed by atoms with Crippen molar-refractivity contribution in [2.45, 2.75) is 44.1 Å². The van der Waals surface area contributed by atoms with Crippen LogP contribution in [-0.4, -0.2) is 42.0 Å². The fraction of sp³-hybridized carbons (Fsp3) is 0.588. The standard InChI is InChI=1S/C17H25NO2S/c1-4-21-16-9-8-15(11-16)18(2)17(19)14-7-5-6-13(10-14)12-20-3/h5-7,10,15-16H,4,8-9,11-12H2,1-3H3/t15-,16-/m0/s1. The van der Waals surface area contributed by atoms with Crippen LogP contribution in [0.5, 0.6) is 0 Å². The van der Waals surface area contributed by atoms with Crippen LogP contribution in [0.1, 0.15) is 42.1 Å². The third kappa shape index (κ3) is 4.24. The number of benzene rings is 1. The molecule has 116 valence electrons. The number of thioether (sulfide) groups is 1. The molecule has 21 heavy (non-hydrogen) atoms. The highest BCUT2D eigenvalue weighted by molar-refractivity contribution is 7.99. The minimum Gasteiger partial charge on any atom is -0.380 e. The lowest BCUT2D eigenvalue weighted by molar-refractivity contribution is 0.0735. The smallest absolute Gasteiger partial charge is 0.253 e. The number of hydrogen-bond donors (Lipinski definition) is 0. The topological polar surface area (TPSA) is 29.5 Å². The third-order valence-corrected chi connectivity index (χ3v) is 5.35. The van der Waals surface area contributed by atoms with Gasteiger partial charge < -0.3 is 9.64 Å². The first-order valence-electron chi connectivity index (χ1n) is 7.62. The molecule has 0 bridgehead atoms. The van der Waals surface area contributed by atoms with Gasteiger partial charge in [-0.1, -0.05) is 19.1 Å². The fourth-order valence-electron chi connectivity index (χ4n) is 2.99. The Morgan fingerprint density at radius 3 is 2.95 bits per heavy atom. The van der Waals surface area contributed by atoms with E-state index in [4.69, 9.17) is 4.74 Å². The molecule has 1 amide bonds. The van der Waals surface area contributed by atoms with Crippen LogP contribution in [0.4, 0.5) is 0 Å². The Morgan fingerprint density at radius 1 is 1.43 bits per heavy atom. The predicted molar refractivity (Wildman–Crippen MR) is 88.8 cm³/mol. The Bertz CT molecular complexity index is 478. The lowest BCUT2D eigenvalue weighted by atomic mass is 10.1. The SMILES string of the molecule is CCS[C@H]1CC[C@H](N(C)C(=O)c2cccc(COC)c2)C1. The number of ether oxygens (including phenoxy) is 1. The van der Waals surface area contributed by atoms with E-state index < -0.39 is 0 Å². The molecule has 2 atom stereocenters. The molecule has 0 unspecified atom stereocenters. The quantitative estimate of drug-likeness (QED) is 0.804. The van der Waals surface area contributed by atoms with Crippen molar-refractivity contribution in [3.8, 4) is 0 Å². The summed E-state index contributed by atoms with van der Waals surface area (Å²) in [6.45, 7) is 2.75. The minimum atomic E-state index is 0.125. The molecule has 0 N–H and O–H groups in total. The van der Waals surface area contributed by atoms with E-state index in [9.17, 15) is 4.79 Å². The maximum absolute atomic E-state index is 12.6. The van der Waals surface area contributed by atoms with E-state index >= 15 is 0 Å². The van der Waals surface area contributed by atoms with E-state index in [1.165, 1.54) is 6.42 Å². The van der Waals surface area contributed by atoms with Gasteiger partial charge in [0.1, 0.15) is 0 Å². The van der Waals surface area contributed by atoms with Gasteiger partial charge in [-0.2, -0.15) is 11.8 Å². The molecule has 1 saturated carbocycles. The van der Waals surface area contributed by atoms with E-state index in [0.29, 0.717) is 12.6 Å². The van der Waals surface area contributed by atoms with Crippen molar-refractivity contribution >= 4 is 17.7 Å². The number of carbonyl (C=O) groups is 1. The average Bonchev–Trinajstić information content (AvgIpc) is 2.95. The van der Waals surface area contributed by atoms with Crippen molar-refractivity contribution in [2.75, 3.05) is 19.9 Å². The first kappa shape index (κ1) is 16.4. The molecule has 0 spiro atoms. The summed E-state index contributed by atoms with van der Waals surface area (Å²) in [4.78, 5) is 14.6. The lowest BCUT2D eigenvalue weighted by Gasteiger charge is -2.25. The van der Waals surface area contributed by atoms with Crippen molar-refractivity contribution in [2.24, 2.45) is 0 Å². The largest absolute Gasteiger partial charge is 0.380 e. The van der Waals surface area contributed by atoms with E-state index in [1.54, 1.807) is 7.11 Å². The zero-order valence-corrected chi connectivity index (χ0v) is 14.0. The van der Waals surface area contributed by atoms with E-state index in [2.05, 4.69) is 6.92 Å². The summed E-state index contributed by atoms with van der Waals surface area (Å²) in [6.07, 6.45) is 3.47. The van der Waals surface area contributed by atoms with Crippen LogP contribution >= 0.6 is 11.8 Å². The summed E-state index contributed by atoms with van der Waals surface area (Å²) in [5.74, 6) is 1.29. The van der Waals surface area contributed by atoms with Gasteiger partial charge in [-0.3, -0.25) is 4.79 Å². The molecule has 0 aliphatic heterocycles. The molecule has 4 heteroatoms. The van der Waals surface area contributed by atoms with Crippen LogP contribution in [-0.2, 0) is 11.3 Å². The number of carbonyl (C=O) groups excluding carboxylic acids is 1. The van der Waals surface area contributed by atoms with Crippen molar-refractivity contribution in [1.82, 2.24) is 4.90 Å². The van der Waals surface area contributed by atoms with Gasteiger partial charge in [0.15, 0.2) is 0 Å². The minimum absolute atomic E-state index is 0.125. The van der Waals surface area contributed by atoms with Crippen molar-refractivity contribution in [1.29, 1.82) is 0 Å². The van der Waals surface area contributed by atoms with Gasteiger partial charge in [0.25, 0.3) is 5.91 Å². The van der Waals surface area contributed by atoms with Crippen molar-refractivity contribution < 1.29 is 9.53 Å². The molecule has 0 saturated heterocycles. The zero-order valence-electron chi connectivity index (χ0n) is 13.2. The first-order chi connectivity index (χ1) is 10.2. The highest BCUT2D eigenvalue weighted by Crippen LogP contribution is 2.32. The van der Waals surface area contributed by atoms with Crippen molar-refractivity contribution in [3.05, 3.63) is 35.4 Å². The van der Waals surface area contributed by atoms with Crippen LogP contribution in [0, 0.1) is 0 Å². The molecule has 1 fully saturated rings. The zero-order chi connectivity index (χ0) is 15.2. The highest BCUT2D eigenvalue weighted by atomic mass is 32.2. The normalized spacial score (nSPS) is 21.5. The van der Waals surface area contributed by atoms with Crippen LogP contribution < -0.4 is 0 Å². The van der Waals surface area contributed by atoms with Crippen LogP contribution in [0.3, 0.4) is 0 Å². The summed E-state index contributed by atoms with van der Waals surface area (Å²) in [5.41, 5.74) is 1.81.